The van der Waals surface area contributed by atoms with E-state index in [4.69, 9.17) is 4.74 Å². The Balaban J connectivity index is 3.02. The fourth-order valence-electron chi connectivity index (χ4n) is 1.75. The summed E-state index contributed by atoms with van der Waals surface area (Å²) < 4.78 is 5.64. The number of benzene rings is 1. The molecule has 92 valence electrons. The highest BCUT2D eigenvalue weighted by atomic mass is 16.5. The standard InChI is InChI=1S/C15H21NO/c1-5-11-17-15-12-14(16(7-3)8-4)10-9-13(15)6-2/h5-6,9-10,12H,1-2,7-8,11H2,3-4H3. The second kappa shape index (κ2) is 6.79. The van der Waals surface area contributed by atoms with Gasteiger partial charge in [0, 0.05) is 30.4 Å². The molecule has 0 saturated carbocycles. The molecule has 0 aliphatic heterocycles. The Hall–Kier alpha value is -1.70. The molecule has 0 atom stereocenters. The van der Waals surface area contributed by atoms with Gasteiger partial charge >= 0.3 is 0 Å². The predicted octanol–water partition coefficient (Wildman–Crippen LogP) is 3.74. The molecule has 2 nitrogen and oxygen atoms in total. The van der Waals surface area contributed by atoms with Gasteiger partial charge in [0.2, 0.25) is 0 Å². The van der Waals surface area contributed by atoms with E-state index < -0.39 is 0 Å². The highest BCUT2D eigenvalue weighted by molar-refractivity contribution is 5.62. The molecule has 0 N–H and O–H groups in total. The smallest absolute Gasteiger partial charge is 0.129 e. The minimum Gasteiger partial charge on any atom is -0.489 e. The molecular formula is C15H21NO. The Morgan fingerprint density at radius 2 is 1.94 bits per heavy atom. The molecule has 0 bridgehead atoms. The van der Waals surface area contributed by atoms with Gasteiger partial charge in [0.1, 0.15) is 12.4 Å². The van der Waals surface area contributed by atoms with Crippen molar-refractivity contribution in [3.05, 3.63) is 43.0 Å². The Kier molecular flexibility index (Phi) is 5.34. The van der Waals surface area contributed by atoms with Crippen molar-refractivity contribution in [2.24, 2.45) is 0 Å². The van der Waals surface area contributed by atoms with E-state index in [1.54, 1.807) is 6.08 Å². The van der Waals surface area contributed by atoms with Gasteiger partial charge in [-0.05, 0) is 26.0 Å². The molecule has 2 heteroatoms. The van der Waals surface area contributed by atoms with Crippen molar-refractivity contribution in [3.63, 3.8) is 0 Å². The second-order valence-corrected chi connectivity index (χ2v) is 3.70. The summed E-state index contributed by atoms with van der Waals surface area (Å²) in [7, 11) is 0. The van der Waals surface area contributed by atoms with Crippen molar-refractivity contribution in [3.8, 4) is 5.75 Å². The van der Waals surface area contributed by atoms with E-state index in [1.165, 1.54) is 5.69 Å². The monoisotopic (exact) mass is 231 g/mol. The largest absolute Gasteiger partial charge is 0.489 e. The van der Waals surface area contributed by atoms with Crippen LogP contribution in [-0.4, -0.2) is 19.7 Å². The molecule has 1 aromatic rings. The lowest BCUT2D eigenvalue weighted by molar-refractivity contribution is 0.362. The van der Waals surface area contributed by atoms with Crippen molar-refractivity contribution >= 4 is 11.8 Å². The van der Waals surface area contributed by atoms with E-state index in [0.29, 0.717) is 6.61 Å². The zero-order valence-corrected chi connectivity index (χ0v) is 10.8. The summed E-state index contributed by atoms with van der Waals surface area (Å²) in [5.41, 5.74) is 2.20. The fraction of sp³-hybridized carbons (Fsp3) is 0.333. The third kappa shape index (κ3) is 3.38. The van der Waals surface area contributed by atoms with E-state index >= 15 is 0 Å². The van der Waals surface area contributed by atoms with Crippen molar-refractivity contribution in [1.29, 1.82) is 0 Å². The third-order valence-electron chi connectivity index (χ3n) is 2.70. The van der Waals surface area contributed by atoms with Gasteiger partial charge in [0.15, 0.2) is 0 Å². The first-order valence-electron chi connectivity index (χ1n) is 6.01. The average Bonchev–Trinajstić information content (AvgIpc) is 2.38. The lowest BCUT2D eigenvalue weighted by Crippen LogP contribution is -2.21. The molecule has 0 aliphatic carbocycles. The van der Waals surface area contributed by atoms with E-state index in [9.17, 15) is 0 Å². The summed E-state index contributed by atoms with van der Waals surface area (Å²) in [4.78, 5) is 2.29. The highest BCUT2D eigenvalue weighted by Gasteiger charge is 2.06. The van der Waals surface area contributed by atoms with E-state index in [0.717, 1.165) is 24.4 Å². The van der Waals surface area contributed by atoms with Crippen LogP contribution in [0.4, 0.5) is 5.69 Å². The molecule has 0 saturated heterocycles. The molecule has 1 aromatic carbocycles. The van der Waals surface area contributed by atoms with Crippen LogP contribution in [0.25, 0.3) is 6.08 Å². The number of nitrogens with zero attached hydrogens (tertiary/aromatic N) is 1. The number of ether oxygens (including phenoxy) is 1. The van der Waals surface area contributed by atoms with Crippen LogP contribution in [0.5, 0.6) is 5.75 Å². The van der Waals surface area contributed by atoms with Gasteiger partial charge in [-0.25, -0.2) is 0 Å². The zero-order valence-electron chi connectivity index (χ0n) is 10.8. The van der Waals surface area contributed by atoms with Crippen LogP contribution < -0.4 is 9.64 Å². The van der Waals surface area contributed by atoms with Crippen molar-refractivity contribution < 1.29 is 4.74 Å². The maximum absolute atomic E-state index is 5.64. The van der Waals surface area contributed by atoms with E-state index in [2.05, 4.69) is 44.0 Å². The summed E-state index contributed by atoms with van der Waals surface area (Å²) in [5.74, 6) is 0.865. The van der Waals surface area contributed by atoms with Crippen molar-refractivity contribution in [1.82, 2.24) is 0 Å². The number of anilines is 1. The molecule has 0 aromatic heterocycles. The molecule has 0 heterocycles. The SMILES string of the molecule is C=CCOc1cc(N(CC)CC)ccc1C=C. The first-order chi connectivity index (χ1) is 8.26. The zero-order chi connectivity index (χ0) is 12.7. The van der Waals surface area contributed by atoms with E-state index in [-0.39, 0.29) is 0 Å². The average molecular weight is 231 g/mol. The Labute approximate surface area is 104 Å². The van der Waals surface area contributed by atoms with Gasteiger partial charge in [0.05, 0.1) is 0 Å². The maximum atomic E-state index is 5.64. The summed E-state index contributed by atoms with van der Waals surface area (Å²) in [5, 5.41) is 0. The molecule has 0 aliphatic rings. The lowest BCUT2D eigenvalue weighted by atomic mass is 10.1. The third-order valence-corrected chi connectivity index (χ3v) is 2.70. The van der Waals surface area contributed by atoms with Gasteiger partial charge < -0.3 is 9.64 Å². The minimum atomic E-state index is 0.516. The van der Waals surface area contributed by atoms with Gasteiger partial charge in [-0.1, -0.05) is 25.3 Å². The summed E-state index contributed by atoms with van der Waals surface area (Å²) in [6.45, 7) is 14.2. The van der Waals surface area contributed by atoms with Gasteiger partial charge in [0.25, 0.3) is 0 Å². The quantitative estimate of drug-likeness (QED) is 0.663. The number of rotatable bonds is 7. The van der Waals surface area contributed by atoms with Crippen molar-refractivity contribution in [2.75, 3.05) is 24.6 Å². The van der Waals surface area contributed by atoms with Gasteiger partial charge in [-0.3, -0.25) is 0 Å². The van der Waals surface area contributed by atoms with Crippen LogP contribution in [-0.2, 0) is 0 Å². The summed E-state index contributed by atoms with van der Waals surface area (Å²) >= 11 is 0. The van der Waals surface area contributed by atoms with Crippen LogP contribution in [0.2, 0.25) is 0 Å². The number of hydrogen-bond acceptors (Lipinski definition) is 2. The van der Waals surface area contributed by atoms with Crippen molar-refractivity contribution in [2.45, 2.75) is 13.8 Å². The summed E-state index contributed by atoms with van der Waals surface area (Å²) in [6.07, 6.45) is 3.56. The molecular weight excluding hydrogens is 210 g/mol. The van der Waals surface area contributed by atoms with Gasteiger partial charge in [-0.2, -0.15) is 0 Å². The molecule has 0 fully saturated rings. The lowest BCUT2D eigenvalue weighted by Gasteiger charge is -2.22. The van der Waals surface area contributed by atoms with Crippen LogP contribution in [0, 0.1) is 0 Å². The molecule has 0 unspecified atom stereocenters. The topological polar surface area (TPSA) is 12.5 Å². The molecule has 17 heavy (non-hydrogen) atoms. The molecule has 0 amide bonds. The predicted molar refractivity (Wildman–Crippen MR) is 75.8 cm³/mol. The normalized spacial score (nSPS) is 9.76. The highest BCUT2D eigenvalue weighted by Crippen LogP contribution is 2.26. The Bertz CT molecular complexity index is 381. The van der Waals surface area contributed by atoms with Gasteiger partial charge in [-0.15, -0.1) is 0 Å². The first kappa shape index (κ1) is 13.4. The minimum absolute atomic E-state index is 0.516. The molecule has 0 radical (unpaired) electrons. The molecule has 1 rings (SSSR count). The second-order valence-electron chi connectivity index (χ2n) is 3.70. The Morgan fingerprint density at radius 1 is 1.24 bits per heavy atom. The van der Waals surface area contributed by atoms with E-state index in [1.807, 2.05) is 12.1 Å². The Morgan fingerprint density at radius 3 is 2.47 bits per heavy atom. The van der Waals surface area contributed by atoms with Crippen LogP contribution in [0.15, 0.2) is 37.4 Å². The van der Waals surface area contributed by atoms with Crippen LogP contribution in [0.3, 0.4) is 0 Å². The molecule has 0 spiro atoms. The fourth-order valence-corrected chi connectivity index (χ4v) is 1.75. The maximum Gasteiger partial charge on any atom is 0.129 e. The first-order valence-corrected chi connectivity index (χ1v) is 6.01. The number of hydrogen-bond donors (Lipinski definition) is 0. The van der Waals surface area contributed by atoms with Crippen LogP contribution >= 0.6 is 0 Å². The van der Waals surface area contributed by atoms with Crippen LogP contribution in [0.1, 0.15) is 19.4 Å². The summed E-state index contributed by atoms with van der Waals surface area (Å²) in [6, 6.07) is 6.21.